The molecule has 0 aliphatic carbocycles. The zero-order valence-corrected chi connectivity index (χ0v) is 20.1. The predicted octanol–water partition coefficient (Wildman–Crippen LogP) is 5.68. The maximum absolute atomic E-state index is 12.1. The molecule has 2 N–H and O–H groups in total. The fraction of sp³-hybridized carbons (Fsp3) is 0.333. The highest BCUT2D eigenvalue weighted by atomic mass is 16.5. The van der Waals surface area contributed by atoms with E-state index in [2.05, 4.69) is 48.3 Å². The third-order valence-corrected chi connectivity index (χ3v) is 6.70. The third-order valence-electron chi connectivity index (χ3n) is 6.70. The maximum atomic E-state index is 12.1. The van der Waals surface area contributed by atoms with Gasteiger partial charge in [0.25, 0.3) is 0 Å². The van der Waals surface area contributed by atoms with E-state index in [1.165, 1.54) is 0 Å². The number of piperidine rings is 1. The molecule has 1 aliphatic rings. The molecule has 3 aromatic rings. The van der Waals surface area contributed by atoms with Gasteiger partial charge in [-0.1, -0.05) is 67.6 Å². The third kappa shape index (κ3) is 5.28. The van der Waals surface area contributed by atoms with E-state index in [4.69, 9.17) is 9.47 Å². The Kier molecular flexibility index (Phi) is 7.57. The van der Waals surface area contributed by atoms with Crippen LogP contribution in [-0.2, 0) is 0 Å². The van der Waals surface area contributed by atoms with Crippen LogP contribution in [0.15, 0.2) is 78.9 Å². The first-order valence-electron chi connectivity index (χ1n) is 11.9. The second kappa shape index (κ2) is 10.8. The number of nitrogens with one attached hydrogen (secondary N) is 1. The van der Waals surface area contributed by atoms with Crippen LogP contribution in [0.2, 0.25) is 0 Å². The zero-order valence-electron chi connectivity index (χ0n) is 20.1. The molecule has 4 atom stereocenters. The molecule has 0 amide bonds. The SMILES string of the molecule is CCC[C@@H]1[C@H](c2ccc(OC)cc2)N[C@@H](c2ccc(OC)cc2)C[C@]1(O)C#Cc1ccccc1. The number of hydrogen-bond donors (Lipinski definition) is 2. The second-order valence-corrected chi connectivity index (χ2v) is 8.88. The highest BCUT2D eigenvalue weighted by Gasteiger charge is 2.47. The summed E-state index contributed by atoms with van der Waals surface area (Å²) in [5.74, 6) is 8.14. The Balaban J connectivity index is 1.76. The van der Waals surface area contributed by atoms with Crippen molar-refractivity contribution in [3.05, 3.63) is 95.6 Å². The average Bonchev–Trinajstić information content (AvgIpc) is 2.89. The van der Waals surface area contributed by atoms with Crippen molar-refractivity contribution >= 4 is 0 Å². The van der Waals surface area contributed by atoms with Crippen LogP contribution in [0.4, 0.5) is 0 Å². The molecule has 0 bridgehead atoms. The van der Waals surface area contributed by atoms with E-state index in [9.17, 15) is 5.11 Å². The summed E-state index contributed by atoms with van der Waals surface area (Å²) >= 11 is 0. The highest BCUT2D eigenvalue weighted by Crippen LogP contribution is 2.45. The second-order valence-electron chi connectivity index (χ2n) is 8.88. The summed E-state index contributed by atoms with van der Waals surface area (Å²) < 4.78 is 10.7. The fourth-order valence-electron chi connectivity index (χ4n) is 4.88. The summed E-state index contributed by atoms with van der Waals surface area (Å²) in [4.78, 5) is 0. The summed E-state index contributed by atoms with van der Waals surface area (Å²) in [7, 11) is 3.34. The van der Waals surface area contributed by atoms with Gasteiger partial charge < -0.3 is 19.9 Å². The van der Waals surface area contributed by atoms with Crippen molar-refractivity contribution in [2.24, 2.45) is 5.92 Å². The Hall–Kier alpha value is -3.26. The van der Waals surface area contributed by atoms with Crippen molar-refractivity contribution in [2.75, 3.05) is 14.2 Å². The minimum atomic E-state index is -1.15. The Bertz CT molecular complexity index is 1120. The molecule has 34 heavy (non-hydrogen) atoms. The van der Waals surface area contributed by atoms with Crippen LogP contribution in [0.3, 0.4) is 0 Å². The molecule has 0 aromatic heterocycles. The Labute approximate surface area is 202 Å². The molecule has 4 rings (SSSR count). The summed E-state index contributed by atoms with van der Waals surface area (Å²) in [6.07, 6.45) is 2.33. The van der Waals surface area contributed by atoms with Crippen LogP contribution in [-0.4, -0.2) is 24.9 Å². The van der Waals surface area contributed by atoms with E-state index < -0.39 is 5.60 Å². The number of aliphatic hydroxyl groups is 1. The van der Waals surface area contributed by atoms with Crippen LogP contribution >= 0.6 is 0 Å². The minimum Gasteiger partial charge on any atom is -0.497 e. The number of benzene rings is 3. The molecule has 0 saturated carbocycles. The molecule has 4 nitrogen and oxygen atoms in total. The highest BCUT2D eigenvalue weighted by molar-refractivity contribution is 5.39. The number of hydrogen-bond acceptors (Lipinski definition) is 4. The molecule has 1 heterocycles. The number of rotatable bonds is 6. The predicted molar refractivity (Wildman–Crippen MR) is 136 cm³/mol. The minimum absolute atomic E-state index is 0.0539. The van der Waals surface area contributed by atoms with Gasteiger partial charge in [-0.15, -0.1) is 0 Å². The average molecular weight is 456 g/mol. The van der Waals surface area contributed by atoms with Gasteiger partial charge in [0.15, 0.2) is 0 Å². The van der Waals surface area contributed by atoms with Gasteiger partial charge in [0, 0.05) is 30.0 Å². The van der Waals surface area contributed by atoms with Gasteiger partial charge in [-0.2, -0.15) is 0 Å². The summed E-state index contributed by atoms with van der Waals surface area (Å²) in [6, 6.07) is 26.0. The van der Waals surface area contributed by atoms with Crippen LogP contribution in [0.1, 0.15) is 55.0 Å². The molecule has 1 aliphatic heterocycles. The Morgan fingerprint density at radius 2 is 1.47 bits per heavy atom. The molecular formula is C30H33NO3. The number of methoxy groups -OCH3 is 2. The largest absolute Gasteiger partial charge is 0.497 e. The normalized spacial score (nSPS) is 24.1. The van der Waals surface area contributed by atoms with Crippen molar-refractivity contribution < 1.29 is 14.6 Å². The van der Waals surface area contributed by atoms with Gasteiger partial charge in [-0.3, -0.25) is 0 Å². The van der Waals surface area contributed by atoms with Gasteiger partial charge in [-0.25, -0.2) is 0 Å². The van der Waals surface area contributed by atoms with E-state index in [-0.39, 0.29) is 18.0 Å². The van der Waals surface area contributed by atoms with E-state index in [1.54, 1.807) is 14.2 Å². The van der Waals surface area contributed by atoms with Crippen LogP contribution in [0.25, 0.3) is 0 Å². The lowest BCUT2D eigenvalue weighted by Crippen LogP contribution is -2.52. The van der Waals surface area contributed by atoms with E-state index in [0.29, 0.717) is 6.42 Å². The fourth-order valence-corrected chi connectivity index (χ4v) is 4.88. The summed E-state index contributed by atoms with van der Waals surface area (Å²) in [5.41, 5.74) is 1.99. The lowest BCUT2D eigenvalue weighted by molar-refractivity contribution is -0.0318. The van der Waals surface area contributed by atoms with Gasteiger partial charge in [0.05, 0.1) is 14.2 Å². The first-order valence-corrected chi connectivity index (χ1v) is 11.9. The van der Waals surface area contributed by atoms with Crippen LogP contribution in [0, 0.1) is 17.8 Å². The standard InChI is InChI=1S/C30H33NO3/c1-4-8-27-29(24-13-17-26(34-3)18-14-24)31-28(23-11-15-25(33-2)16-12-23)21-30(27,32)20-19-22-9-6-5-7-10-22/h5-7,9-18,27-29,31-32H,4,8,21H2,1-3H3/t27-,28-,29+,30-/m1/s1. The molecule has 1 saturated heterocycles. The smallest absolute Gasteiger partial charge is 0.132 e. The van der Waals surface area contributed by atoms with E-state index >= 15 is 0 Å². The number of ether oxygens (including phenoxy) is 2. The molecule has 3 aromatic carbocycles. The topological polar surface area (TPSA) is 50.7 Å². The first kappa shape index (κ1) is 23.9. The quantitative estimate of drug-likeness (QED) is 0.470. The maximum Gasteiger partial charge on any atom is 0.132 e. The van der Waals surface area contributed by atoms with Gasteiger partial charge in [-0.05, 0) is 53.9 Å². The van der Waals surface area contributed by atoms with Crippen LogP contribution in [0.5, 0.6) is 11.5 Å². The van der Waals surface area contributed by atoms with Crippen molar-refractivity contribution in [3.63, 3.8) is 0 Å². The molecule has 0 radical (unpaired) electrons. The lowest BCUT2D eigenvalue weighted by atomic mass is 9.69. The van der Waals surface area contributed by atoms with Crippen LogP contribution < -0.4 is 14.8 Å². The van der Waals surface area contributed by atoms with Crippen molar-refractivity contribution in [1.29, 1.82) is 0 Å². The van der Waals surface area contributed by atoms with E-state index in [1.807, 2.05) is 54.6 Å². The molecular weight excluding hydrogens is 422 g/mol. The molecule has 0 spiro atoms. The van der Waals surface area contributed by atoms with Crippen molar-refractivity contribution in [2.45, 2.75) is 43.9 Å². The summed E-state index contributed by atoms with van der Waals surface area (Å²) in [6.45, 7) is 2.16. The molecule has 4 heteroatoms. The monoisotopic (exact) mass is 455 g/mol. The molecule has 1 fully saturated rings. The van der Waals surface area contributed by atoms with Gasteiger partial charge in [0.1, 0.15) is 17.1 Å². The lowest BCUT2D eigenvalue weighted by Gasteiger charge is -2.46. The summed E-state index contributed by atoms with van der Waals surface area (Å²) in [5, 5.41) is 16.0. The Morgan fingerprint density at radius 3 is 2.03 bits per heavy atom. The van der Waals surface area contributed by atoms with Gasteiger partial charge in [0.2, 0.25) is 0 Å². The molecule has 176 valence electrons. The van der Waals surface area contributed by atoms with Crippen molar-refractivity contribution in [3.8, 4) is 23.3 Å². The zero-order chi connectivity index (χ0) is 24.0. The van der Waals surface area contributed by atoms with Crippen molar-refractivity contribution in [1.82, 2.24) is 5.32 Å². The first-order chi connectivity index (χ1) is 16.6. The van der Waals surface area contributed by atoms with E-state index in [0.717, 1.165) is 41.0 Å². The van der Waals surface area contributed by atoms with Gasteiger partial charge >= 0.3 is 0 Å². The Morgan fingerprint density at radius 1 is 0.882 bits per heavy atom. The molecule has 0 unspecified atom stereocenters.